The second kappa shape index (κ2) is 3.85. The molecule has 0 bridgehead atoms. The molecule has 3 rings (SSSR count). The van der Waals surface area contributed by atoms with E-state index in [2.05, 4.69) is 30.4 Å². The van der Waals surface area contributed by atoms with Crippen molar-refractivity contribution in [2.24, 2.45) is 0 Å². The van der Waals surface area contributed by atoms with Gasteiger partial charge in [0.15, 0.2) is 5.78 Å². The van der Waals surface area contributed by atoms with Gasteiger partial charge in [-0.3, -0.25) is 4.79 Å². The van der Waals surface area contributed by atoms with Crippen LogP contribution in [0.2, 0.25) is 0 Å². The topological polar surface area (TPSA) is 17.1 Å². The Morgan fingerprint density at radius 3 is 2.88 bits per heavy atom. The zero-order valence-electron chi connectivity index (χ0n) is 9.86. The van der Waals surface area contributed by atoms with Crippen molar-refractivity contribution in [3.8, 4) is 0 Å². The van der Waals surface area contributed by atoms with Crippen LogP contribution < -0.4 is 0 Å². The molecule has 0 saturated carbocycles. The molecule has 2 aliphatic rings. The second-order valence-corrected chi connectivity index (χ2v) is 4.64. The Morgan fingerprint density at radius 1 is 1.12 bits per heavy atom. The number of ketones is 1. The summed E-state index contributed by atoms with van der Waals surface area (Å²) in [6.07, 6.45) is 9.76. The zero-order chi connectivity index (χ0) is 11.8. The van der Waals surface area contributed by atoms with Crippen LogP contribution >= 0.6 is 0 Å². The molecule has 0 N–H and O–H groups in total. The fourth-order valence-corrected chi connectivity index (χ4v) is 2.54. The molecule has 1 aromatic rings. The number of hydrogen-bond donors (Lipinski definition) is 0. The molecule has 0 radical (unpaired) electrons. The smallest absolute Gasteiger partial charge is 0.167 e. The fourth-order valence-electron chi connectivity index (χ4n) is 2.54. The zero-order valence-corrected chi connectivity index (χ0v) is 9.86. The summed E-state index contributed by atoms with van der Waals surface area (Å²) >= 11 is 0. The van der Waals surface area contributed by atoms with Gasteiger partial charge < -0.3 is 0 Å². The highest BCUT2D eigenvalue weighted by Gasteiger charge is 2.23. The second-order valence-electron chi connectivity index (χ2n) is 4.64. The minimum absolute atomic E-state index is 0.244. The fraction of sp³-hybridized carbons (Fsp3) is 0.188. The normalized spacial score (nSPS) is 17.8. The molecule has 2 aliphatic carbocycles. The predicted molar refractivity (Wildman–Crippen MR) is 69.9 cm³/mol. The molecule has 0 unspecified atom stereocenters. The number of benzene rings is 1. The molecular weight excluding hydrogens is 208 g/mol. The summed E-state index contributed by atoms with van der Waals surface area (Å²) in [6.45, 7) is 2.03. The van der Waals surface area contributed by atoms with Gasteiger partial charge in [-0.05, 0) is 36.1 Å². The van der Waals surface area contributed by atoms with Crippen molar-refractivity contribution >= 4 is 11.4 Å². The quantitative estimate of drug-likeness (QED) is 0.651. The summed E-state index contributed by atoms with van der Waals surface area (Å²) in [5.74, 6) is 0.244. The number of carbonyl (C=O) groups excluding carboxylic acids is 1. The van der Waals surface area contributed by atoms with E-state index in [1.165, 1.54) is 11.1 Å². The van der Waals surface area contributed by atoms with E-state index in [1.807, 2.05) is 19.1 Å². The summed E-state index contributed by atoms with van der Waals surface area (Å²) < 4.78 is 0. The highest BCUT2D eigenvalue weighted by molar-refractivity contribution is 6.06. The van der Waals surface area contributed by atoms with E-state index < -0.39 is 0 Å². The lowest BCUT2D eigenvalue weighted by Crippen LogP contribution is -2.11. The third-order valence-corrected chi connectivity index (χ3v) is 3.41. The number of Topliss-reactive ketones (excluding diaryl/α,β-unsaturated/α-hetero) is 1. The van der Waals surface area contributed by atoms with Crippen LogP contribution in [0.3, 0.4) is 0 Å². The van der Waals surface area contributed by atoms with Gasteiger partial charge in [0.25, 0.3) is 0 Å². The van der Waals surface area contributed by atoms with Gasteiger partial charge in [-0.1, -0.05) is 42.0 Å². The summed E-state index contributed by atoms with van der Waals surface area (Å²) in [5, 5.41) is 0. The molecule has 1 heteroatoms. The summed E-state index contributed by atoms with van der Waals surface area (Å²) in [6, 6.07) is 6.18. The molecule has 0 atom stereocenters. The minimum Gasteiger partial charge on any atom is -0.294 e. The van der Waals surface area contributed by atoms with Crippen molar-refractivity contribution < 1.29 is 4.79 Å². The molecule has 17 heavy (non-hydrogen) atoms. The van der Waals surface area contributed by atoms with E-state index in [0.717, 1.165) is 23.1 Å². The van der Waals surface area contributed by atoms with E-state index in [4.69, 9.17) is 0 Å². The van der Waals surface area contributed by atoms with Gasteiger partial charge in [-0.2, -0.15) is 0 Å². The third-order valence-electron chi connectivity index (χ3n) is 3.41. The Kier molecular flexibility index (Phi) is 2.32. The van der Waals surface area contributed by atoms with E-state index in [9.17, 15) is 4.79 Å². The van der Waals surface area contributed by atoms with Crippen molar-refractivity contribution in [3.63, 3.8) is 0 Å². The first kappa shape index (κ1) is 10.3. The van der Waals surface area contributed by atoms with Gasteiger partial charge in [-0.15, -0.1) is 0 Å². The molecule has 0 aliphatic heterocycles. The van der Waals surface area contributed by atoms with Crippen LogP contribution in [0.25, 0.3) is 5.57 Å². The highest BCUT2D eigenvalue weighted by atomic mass is 16.1. The number of carbonyl (C=O) groups is 1. The largest absolute Gasteiger partial charge is 0.294 e. The molecule has 1 nitrogen and oxygen atoms in total. The maximum absolute atomic E-state index is 12.1. The minimum atomic E-state index is 0.244. The summed E-state index contributed by atoms with van der Waals surface area (Å²) in [7, 11) is 0. The predicted octanol–water partition coefficient (Wildman–Crippen LogP) is 3.85. The lowest BCUT2D eigenvalue weighted by atomic mass is 9.83. The molecular formula is C16H14O. The monoisotopic (exact) mass is 222 g/mol. The Hall–Kier alpha value is -1.89. The van der Waals surface area contributed by atoms with Crippen LogP contribution in [-0.2, 0) is 0 Å². The molecule has 0 spiro atoms. The van der Waals surface area contributed by atoms with Gasteiger partial charge in [-0.25, -0.2) is 0 Å². The Morgan fingerprint density at radius 2 is 2.00 bits per heavy atom. The van der Waals surface area contributed by atoms with Gasteiger partial charge in [0.1, 0.15) is 0 Å². The van der Waals surface area contributed by atoms with Crippen molar-refractivity contribution in [3.05, 3.63) is 64.8 Å². The number of hydrogen-bond acceptors (Lipinski definition) is 1. The van der Waals surface area contributed by atoms with Crippen LogP contribution in [0.15, 0.2) is 48.1 Å². The maximum atomic E-state index is 12.1. The molecule has 84 valence electrons. The first-order chi connectivity index (χ1) is 8.25. The molecule has 1 aromatic carbocycles. The summed E-state index contributed by atoms with van der Waals surface area (Å²) in [4.78, 5) is 12.1. The Balaban J connectivity index is 2.23. The molecule has 0 saturated heterocycles. The number of aryl methyl sites for hydroxylation is 1. The van der Waals surface area contributed by atoms with E-state index >= 15 is 0 Å². The van der Waals surface area contributed by atoms with Crippen molar-refractivity contribution in [2.75, 3.05) is 0 Å². The van der Waals surface area contributed by atoms with E-state index in [0.29, 0.717) is 6.42 Å². The molecule has 0 aromatic heterocycles. The Labute approximate surface area is 101 Å². The Bertz CT molecular complexity index is 586. The first-order valence-electron chi connectivity index (χ1n) is 5.95. The van der Waals surface area contributed by atoms with Gasteiger partial charge in [0.05, 0.1) is 0 Å². The van der Waals surface area contributed by atoms with Gasteiger partial charge >= 0.3 is 0 Å². The van der Waals surface area contributed by atoms with Crippen molar-refractivity contribution in [1.82, 2.24) is 0 Å². The first-order valence-corrected chi connectivity index (χ1v) is 5.95. The van der Waals surface area contributed by atoms with Crippen LogP contribution in [-0.4, -0.2) is 5.78 Å². The van der Waals surface area contributed by atoms with E-state index in [-0.39, 0.29) is 5.78 Å². The average Bonchev–Trinajstić information content (AvgIpc) is 2.54. The van der Waals surface area contributed by atoms with Crippen LogP contribution in [0, 0.1) is 6.92 Å². The lowest BCUT2D eigenvalue weighted by molar-refractivity contribution is 0.0992. The van der Waals surface area contributed by atoms with Crippen LogP contribution in [0.4, 0.5) is 0 Å². The standard InChI is InChI=1S/C16H14O/c1-11-7-8-14-13-6-4-2-3-5-12(13)10-16(17)15(14)9-11/h2-5,7-9H,6,10H2,1H3. The summed E-state index contributed by atoms with van der Waals surface area (Å²) in [5.41, 5.74) is 5.66. The number of fused-ring (bicyclic) bond motifs is 2. The highest BCUT2D eigenvalue weighted by Crippen LogP contribution is 2.35. The number of allylic oxidation sites excluding steroid dienone is 6. The molecule has 0 fully saturated rings. The van der Waals surface area contributed by atoms with E-state index in [1.54, 1.807) is 0 Å². The maximum Gasteiger partial charge on any atom is 0.167 e. The van der Waals surface area contributed by atoms with Crippen LogP contribution in [0.5, 0.6) is 0 Å². The van der Waals surface area contributed by atoms with Crippen molar-refractivity contribution in [1.29, 1.82) is 0 Å². The van der Waals surface area contributed by atoms with Gasteiger partial charge in [0.2, 0.25) is 0 Å². The molecule has 0 heterocycles. The average molecular weight is 222 g/mol. The van der Waals surface area contributed by atoms with Crippen LogP contribution in [0.1, 0.15) is 34.3 Å². The lowest BCUT2D eigenvalue weighted by Gasteiger charge is -2.20. The number of rotatable bonds is 0. The molecule has 0 amide bonds. The third kappa shape index (κ3) is 1.68. The SMILES string of the molecule is Cc1ccc2c(c1)C(=O)CC1=C2CC=CC=C1. The van der Waals surface area contributed by atoms with Gasteiger partial charge in [0, 0.05) is 12.0 Å². The van der Waals surface area contributed by atoms with Crippen molar-refractivity contribution in [2.45, 2.75) is 19.8 Å².